The number of sulfonamides is 1. The Kier molecular flexibility index (Phi) is 8.70. The fourth-order valence-electron chi connectivity index (χ4n) is 4.78. The van der Waals surface area contributed by atoms with Gasteiger partial charge in [-0.1, -0.05) is 31.9 Å². The Morgan fingerprint density at radius 1 is 1.11 bits per heavy atom. The maximum absolute atomic E-state index is 13.7. The molecule has 204 valence electrons. The van der Waals surface area contributed by atoms with Gasteiger partial charge < -0.3 is 10.4 Å². The number of benzene rings is 2. The summed E-state index contributed by atoms with van der Waals surface area (Å²) < 4.78 is 79.5. The van der Waals surface area contributed by atoms with Gasteiger partial charge in [0, 0.05) is 23.9 Å². The van der Waals surface area contributed by atoms with Crippen molar-refractivity contribution >= 4 is 43.1 Å². The topological polar surface area (TPSA) is 130 Å². The second-order valence-corrected chi connectivity index (χ2v) is 13.9. The molecule has 3 rings (SSSR count). The van der Waals surface area contributed by atoms with E-state index in [1.807, 2.05) is 0 Å². The van der Waals surface area contributed by atoms with Gasteiger partial charge in [-0.15, -0.1) is 0 Å². The van der Waals surface area contributed by atoms with E-state index in [-0.39, 0.29) is 40.6 Å². The van der Waals surface area contributed by atoms with Gasteiger partial charge in [-0.25, -0.2) is 30.3 Å². The molecular formula is C24H29ClF2N2O6S2. The molecule has 2 aromatic carbocycles. The fourth-order valence-corrected chi connectivity index (χ4v) is 7.73. The summed E-state index contributed by atoms with van der Waals surface area (Å²) in [5.74, 6) is -4.07. The molecule has 1 unspecified atom stereocenters. The van der Waals surface area contributed by atoms with Crippen LogP contribution in [0.2, 0.25) is 5.02 Å². The summed E-state index contributed by atoms with van der Waals surface area (Å²) in [5, 5.41) is 12.7. The highest BCUT2D eigenvalue weighted by Gasteiger charge is 2.50. The molecule has 1 fully saturated rings. The van der Waals surface area contributed by atoms with Crippen LogP contribution in [0.1, 0.15) is 43.5 Å². The summed E-state index contributed by atoms with van der Waals surface area (Å²) in [4.78, 5) is 12.4. The van der Waals surface area contributed by atoms with Gasteiger partial charge in [-0.05, 0) is 55.0 Å². The molecule has 3 N–H and O–H groups in total. The van der Waals surface area contributed by atoms with Crippen LogP contribution in [0.5, 0.6) is 0 Å². The summed E-state index contributed by atoms with van der Waals surface area (Å²) >= 11 is 6.24. The monoisotopic (exact) mass is 578 g/mol. The predicted octanol–water partition coefficient (Wildman–Crippen LogP) is 3.75. The van der Waals surface area contributed by atoms with E-state index in [9.17, 15) is 35.5 Å². The molecule has 1 amide bonds. The van der Waals surface area contributed by atoms with Crippen molar-refractivity contribution in [1.82, 2.24) is 4.72 Å². The molecule has 0 saturated heterocycles. The number of rotatable bonds is 8. The van der Waals surface area contributed by atoms with Gasteiger partial charge in [0.05, 0.1) is 27.0 Å². The average molecular weight is 579 g/mol. The molecule has 2 aromatic rings. The normalized spacial score (nSPS) is 24.6. The molecule has 0 aliphatic heterocycles. The van der Waals surface area contributed by atoms with Crippen LogP contribution in [0.25, 0.3) is 0 Å². The van der Waals surface area contributed by atoms with E-state index in [0.717, 1.165) is 30.5 Å². The van der Waals surface area contributed by atoms with Gasteiger partial charge >= 0.3 is 0 Å². The Bertz CT molecular complexity index is 1400. The lowest BCUT2D eigenvalue weighted by atomic mass is 9.68. The number of nitrogens with one attached hydrogen (secondary N) is 2. The first-order valence-electron chi connectivity index (χ1n) is 11.5. The minimum absolute atomic E-state index is 0.0165. The number of hydrogen-bond donors (Lipinski definition) is 3. The minimum atomic E-state index is -4.07. The van der Waals surface area contributed by atoms with Crippen molar-refractivity contribution in [3.8, 4) is 0 Å². The standard InChI is InChI=1S/C24H29ClF2N2O6S2/c1-4-16-11-18(9-14(2)24(16,31)13-28-36(3,32)33)37(34,35)22-10-15(5-7-19(22)25)23(30)29-17-6-8-20(26)21(27)12-17/h5-8,10,12,14,16,18,28,31H,4,9,11,13H2,1-3H3,(H,29,30)/t14-,16?,18-,24-/m0/s1. The first kappa shape index (κ1) is 29.4. The molecule has 1 aliphatic rings. The van der Waals surface area contributed by atoms with Crippen molar-refractivity contribution in [2.24, 2.45) is 11.8 Å². The number of hydrogen-bond acceptors (Lipinski definition) is 6. The quantitative estimate of drug-likeness (QED) is 0.437. The number of amides is 1. The Morgan fingerprint density at radius 3 is 2.38 bits per heavy atom. The molecule has 8 nitrogen and oxygen atoms in total. The van der Waals surface area contributed by atoms with Crippen molar-refractivity contribution in [1.29, 1.82) is 0 Å². The zero-order chi connectivity index (χ0) is 27.8. The van der Waals surface area contributed by atoms with Crippen LogP contribution in [-0.2, 0) is 19.9 Å². The number of halogens is 3. The Balaban J connectivity index is 1.88. The van der Waals surface area contributed by atoms with E-state index in [1.165, 1.54) is 12.1 Å². The summed E-state index contributed by atoms with van der Waals surface area (Å²) in [6.45, 7) is 3.22. The largest absolute Gasteiger partial charge is 0.388 e. The SMILES string of the molecule is CCC1C[C@@H](S(=O)(=O)c2cc(C(=O)Nc3ccc(F)c(F)c3)ccc2Cl)C[C@H](C)[C@@]1(O)CNS(C)(=O)=O. The molecule has 0 bridgehead atoms. The van der Waals surface area contributed by atoms with Crippen LogP contribution in [-0.4, -0.2) is 51.5 Å². The van der Waals surface area contributed by atoms with Crippen LogP contribution < -0.4 is 10.0 Å². The number of anilines is 1. The highest BCUT2D eigenvalue weighted by Crippen LogP contribution is 2.44. The second-order valence-electron chi connectivity index (χ2n) is 9.46. The van der Waals surface area contributed by atoms with Crippen LogP contribution in [0.3, 0.4) is 0 Å². The average Bonchev–Trinajstić information content (AvgIpc) is 2.81. The van der Waals surface area contributed by atoms with E-state index in [2.05, 4.69) is 10.0 Å². The third-order valence-corrected chi connectivity index (χ3v) is 10.3. The summed E-state index contributed by atoms with van der Waals surface area (Å²) in [5.41, 5.74) is -1.52. The molecule has 1 aliphatic carbocycles. The van der Waals surface area contributed by atoms with Crippen LogP contribution in [0, 0.1) is 23.5 Å². The summed E-state index contributed by atoms with van der Waals surface area (Å²) in [7, 11) is -7.65. The Hall–Kier alpha value is -2.12. The Morgan fingerprint density at radius 2 is 1.78 bits per heavy atom. The zero-order valence-corrected chi connectivity index (χ0v) is 22.9. The smallest absolute Gasteiger partial charge is 0.255 e. The molecule has 37 heavy (non-hydrogen) atoms. The fraction of sp³-hybridized carbons (Fsp3) is 0.458. The van der Waals surface area contributed by atoms with Crippen LogP contribution >= 0.6 is 11.6 Å². The predicted molar refractivity (Wildman–Crippen MR) is 137 cm³/mol. The van der Waals surface area contributed by atoms with Gasteiger partial charge in [-0.3, -0.25) is 4.79 Å². The first-order chi connectivity index (χ1) is 17.1. The number of carbonyl (C=O) groups excluding carboxylic acids is 1. The zero-order valence-electron chi connectivity index (χ0n) is 20.5. The number of carbonyl (C=O) groups is 1. The molecule has 0 spiro atoms. The minimum Gasteiger partial charge on any atom is -0.388 e. The van der Waals surface area contributed by atoms with Crippen molar-refractivity contribution < 1.29 is 35.5 Å². The van der Waals surface area contributed by atoms with Crippen molar-refractivity contribution in [2.45, 2.75) is 48.9 Å². The van der Waals surface area contributed by atoms with Crippen molar-refractivity contribution in [2.75, 3.05) is 18.1 Å². The third-order valence-electron chi connectivity index (χ3n) is 6.95. The van der Waals surface area contributed by atoms with E-state index < -0.39 is 60.1 Å². The van der Waals surface area contributed by atoms with Gasteiger partial charge in [0.1, 0.15) is 0 Å². The van der Waals surface area contributed by atoms with E-state index >= 15 is 0 Å². The van der Waals surface area contributed by atoms with E-state index in [1.54, 1.807) is 13.8 Å². The maximum Gasteiger partial charge on any atom is 0.255 e. The molecule has 0 aromatic heterocycles. The molecule has 13 heteroatoms. The van der Waals surface area contributed by atoms with Crippen LogP contribution in [0.15, 0.2) is 41.3 Å². The molecule has 0 heterocycles. The maximum atomic E-state index is 13.7. The van der Waals surface area contributed by atoms with Gasteiger partial charge in [0.25, 0.3) is 5.91 Å². The molecule has 4 atom stereocenters. The summed E-state index contributed by atoms with van der Waals surface area (Å²) in [6, 6.07) is 6.52. The molecule has 1 saturated carbocycles. The first-order valence-corrected chi connectivity index (χ1v) is 15.4. The number of aliphatic hydroxyl groups is 1. The molecular weight excluding hydrogens is 550 g/mol. The lowest BCUT2D eigenvalue weighted by Gasteiger charge is -2.47. The number of sulfone groups is 1. The van der Waals surface area contributed by atoms with Crippen LogP contribution in [0.4, 0.5) is 14.5 Å². The lowest BCUT2D eigenvalue weighted by molar-refractivity contribution is -0.0831. The lowest BCUT2D eigenvalue weighted by Crippen LogP contribution is -2.57. The van der Waals surface area contributed by atoms with Crippen molar-refractivity contribution in [3.05, 3.63) is 58.6 Å². The van der Waals surface area contributed by atoms with E-state index in [0.29, 0.717) is 6.42 Å². The second kappa shape index (κ2) is 10.9. The van der Waals surface area contributed by atoms with Crippen molar-refractivity contribution in [3.63, 3.8) is 0 Å². The Labute approximate surface area is 220 Å². The highest BCUT2D eigenvalue weighted by atomic mass is 35.5. The highest BCUT2D eigenvalue weighted by molar-refractivity contribution is 7.92. The third kappa shape index (κ3) is 6.48. The summed E-state index contributed by atoms with van der Waals surface area (Å²) in [6.07, 6.45) is 1.49. The van der Waals surface area contributed by atoms with Gasteiger partial charge in [-0.2, -0.15) is 0 Å². The molecule has 0 radical (unpaired) electrons. The van der Waals surface area contributed by atoms with Gasteiger partial charge in [0.2, 0.25) is 10.0 Å². The van der Waals surface area contributed by atoms with Gasteiger partial charge in [0.15, 0.2) is 21.5 Å². The van der Waals surface area contributed by atoms with E-state index in [4.69, 9.17) is 11.6 Å².